The number of esters is 1. The molecule has 1 heterocycles. The van der Waals surface area contributed by atoms with E-state index in [1.807, 2.05) is 30.3 Å². The lowest BCUT2D eigenvalue weighted by molar-refractivity contribution is 0.0588. The molecule has 0 unspecified atom stereocenters. The van der Waals surface area contributed by atoms with Gasteiger partial charge >= 0.3 is 5.97 Å². The summed E-state index contributed by atoms with van der Waals surface area (Å²) in [6.45, 7) is 0.663. The largest absolute Gasteiger partial charge is 0.464 e. The molecule has 3 nitrogen and oxygen atoms in total. The van der Waals surface area contributed by atoms with Gasteiger partial charge in [-0.05, 0) is 42.2 Å². The lowest BCUT2D eigenvalue weighted by Gasteiger charge is -2.22. The van der Waals surface area contributed by atoms with Crippen LogP contribution >= 0.6 is 11.6 Å². The lowest BCUT2D eigenvalue weighted by Crippen LogP contribution is -2.17. The maximum absolute atomic E-state index is 12.1. The molecule has 1 fully saturated rings. The summed E-state index contributed by atoms with van der Waals surface area (Å²) in [6.07, 6.45) is 7.62. The number of halogens is 1. The van der Waals surface area contributed by atoms with E-state index in [-0.39, 0.29) is 5.97 Å². The normalized spacial score (nSPS) is 15.4. The molecule has 0 saturated heterocycles. The molecule has 1 aromatic heterocycles. The van der Waals surface area contributed by atoms with Crippen molar-refractivity contribution in [3.05, 3.63) is 58.4 Å². The standard InChI is InChI=1S/C20H24ClNO2/c1-24-20(23)19-12-11-18(13-15-5-3-2-4-6-15)22(19)14-16-7-9-17(21)10-8-16/h7-12,15H,2-6,13-14H2,1H3. The first-order valence-electron chi connectivity index (χ1n) is 8.68. The number of benzene rings is 1. The van der Waals surface area contributed by atoms with E-state index < -0.39 is 0 Å². The van der Waals surface area contributed by atoms with Crippen molar-refractivity contribution in [3.63, 3.8) is 0 Å². The van der Waals surface area contributed by atoms with Crippen LogP contribution in [0.2, 0.25) is 5.02 Å². The highest BCUT2D eigenvalue weighted by Gasteiger charge is 2.20. The molecule has 4 heteroatoms. The molecule has 0 bridgehead atoms. The minimum absolute atomic E-state index is 0.279. The van der Waals surface area contributed by atoms with Gasteiger partial charge in [-0.2, -0.15) is 0 Å². The summed E-state index contributed by atoms with van der Waals surface area (Å²) < 4.78 is 7.06. The summed E-state index contributed by atoms with van der Waals surface area (Å²) in [4.78, 5) is 12.1. The second kappa shape index (κ2) is 7.89. The smallest absolute Gasteiger partial charge is 0.354 e. The van der Waals surface area contributed by atoms with Gasteiger partial charge in [-0.1, -0.05) is 55.8 Å². The molecule has 0 atom stereocenters. The van der Waals surface area contributed by atoms with Crippen LogP contribution < -0.4 is 0 Å². The number of carbonyl (C=O) groups is 1. The third-order valence-corrected chi connectivity index (χ3v) is 5.19. The molecule has 0 N–H and O–H groups in total. The first-order chi connectivity index (χ1) is 11.7. The van der Waals surface area contributed by atoms with Gasteiger partial charge in [0.2, 0.25) is 0 Å². The highest BCUT2D eigenvalue weighted by molar-refractivity contribution is 6.30. The number of aromatic nitrogens is 1. The van der Waals surface area contributed by atoms with Crippen LogP contribution in [0.4, 0.5) is 0 Å². The van der Waals surface area contributed by atoms with Crippen molar-refractivity contribution in [2.75, 3.05) is 7.11 Å². The molecule has 0 aliphatic heterocycles. The molecule has 0 spiro atoms. The van der Waals surface area contributed by atoms with Crippen LogP contribution in [-0.4, -0.2) is 17.6 Å². The van der Waals surface area contributed by atoms with Crippen molar-refractivity contribution in [1.82, 2.24) is 4.57 Å². The zero-order chi connectivity index (χ0) is 16.9. The van der Waals surface area contributed by atoms with Crippen molar-refractivity contribution >= 4 is 17.6 Å². The van der Waals surface area contributed by atoms with Gasteiger partial charge in [0, 0.05) is 17.3 Å². The number of nitrogens with zero attached hydrogens (tertiary/aromatic N) is 1. The Bertz CT molecular complexity index is 684. The van der Waals surface area contributed by atoms with Gasteiger partial charge in [0.25, 0.3) is 0 Å². The fourth-order valence-electron chi connectivity index (χ4n) is 3.62. The van der Waals surface area contributed by atoms with Gasteiger partial charge in [-0.3, -0.25) is 0 Å². The predicted molar refractivity (Wildman–Crippen MR) is 96.6 cm³/mol. The van der Waals surface area contributed by atoms with E-state index in [0.29, 0.717) is 12.2 Å². The fourth-order valence-corrected chi connectivity index (χ4v) is 3.74. The summed E-state index contributed by atoms with van der Waals surface area (Å²) in [5.74, 6) is 0.446. The van der Waals surface area contributed by atoms with Gasteiger partial charge in [-0.15, -0.1) is 0 Å². The number of rotatable bonds is 5. The van der Waals surface area contributed by atoms with Crippen molar-refractivity contribution in [3.8, 4) is 0 Å². The van der Waals surface area contributed by atoms with Gasteiger partial charge < -0.3 is 9.30 Å². The van der Waals surface area contributed by atoms with Crippen LogP contribution in [0.1, 0.15) is 53.8 Å². The third kappa shape index (κ3) is 4.02. The van der Waals surface area contributed by atoms with E-state index in [1.165, 1.54) is 44.9 Å². The molecule has 1 aliphatic carbocycles. The van der Waals surface area contributed by atoms with Crippen molar-refractivity contribution in [2.45, 2.75) is 45.1 Å². The summed E-state index contributed by atoms with van der Waals surface area (Å²) in [6, 6.07) is 11.8. The Hall–Kier alpha value is -1.74. The zero-order valence-electron chi connectivity index (χ0n) is 14.1. The fraction of sp³-hybridized carbons (Fsp3) is 0.450. The Morgan fingerprint density at radius 2 is 1.83 bits per heavy atom. The minimum Gasteiger partial charge on any atom is -0.464 e. The Labute approximate surface area is 148 Å². The maximum Gasteiger partial charge on any atom is 0.354 e. The highest BCUT2D eigenvalue weighted by Crippen LogP contribution is 2.28. The van der Waals surface area contributed by atoms with Crippen LogP contribution in [0.25, 0.3) is 0 Å². The number of methoxy groups -OCH3 is 1. The molecule has 0 radical (unpaired) electrons. The first-order valence-corrected chi connectivity index (χ1v) is 9.06. The number of hydrogen-bond donors (Lipinski definition) is 0. The second-order valence-electron chi connectivity index (χ2n) is 6.62. The van der Waals surface area contributed by atoms with Crippen LogP contribution in [0.3, 0.4) is 0 Å². The summed E-state index contributed by atoms with van der Waals surface area (Å²) in [7, 11) is 1.43. The molecule has 3 rings (SSSR count). The number of hydrogen-bond acceptors (Lipinski definition) is 2. The Morgan fingerprint density at radius 1 is 1.12 bits per heavy atom. The van der Waals surface area contributed by atoms with E-state index >= 15 is 0 Å². The molecule has 1 aromatic carbocycles. The van der Waals surface area contributed by atoms with Crippen molar-refractivity contribution in [1.29, 1.82) is 0 Å². The van der Waals surface area contributed by atoms with Crippen LogP contribution in [0, 0.1) is 5.92 Å². The van der Waals surface area contributed by atoms with Crippen LogP contribution in [0.15, 0.2) is 36.4 Å². The van der Waals surface area contributed by atoms with E-state index in [0.717, 1.165) is 22.9 Å². The van der Waals surface area contributed by atoms with Gasteiger partial charge in [0.15, 0.2) is 0 Å². The Morgan fingerprint density at radius 3 is 2.50 bits per heavy atom. The van der Waals surface area contributed by atoms with Gasteiger partial charge in [-0.25, -0.2) is 4.79 Å². The average molecular weight is 346 g/mol. The molecule has 128 valence electrons. The summed E-state index contributed by atoms with van der Waals surface area (Å²) in [5.41, 5.74) is 2.97. The van der Waals surface area contributed by atoms with Gasteiger partial charge in [0.05, 0.1) is 7.11 Å². The van der Waals surface area contributed by atoms with Gasteiger partial charge in [0.1, 0.15) is 5.69 Å². The molecule has 1 aliphatic rings. The molecule has 1 saturated carbocycles. The minimum atomic E-state index is -0.279. The van der Waals surface area contributed by atoms with Crippen molar-refractivity contribution in [2.24, 2.45) is 5.92 Å². The zero-order valence-corrected chi connectivity index (χ0v) is 14.9. The van der Waals surface area contributed by atoms with E-state index in [1.54, 1.807) is 0 Å². The highest BCUT2D eigenvalue weighted by atomic mass is 35.5. The Kier molecular flexibility index (Phi) is 5.62. The third-order valence-electron chi connectivity index (χ3n) is 4.94. The summed E-state index contributed by atoms with van der Waals surface area (Å²) >= 11 is 5.98. The topological polar surface area (TPSA) is 31.2 Å². The summed E-state index contributed by atoms with van der Waals surface area (Å²) in [5, 5.41) is 0.724. The average Bonchev–Trinajstić information content (AvgIpc) is 2.99. The van der Waals surface area contributed by atoms with E-state index in [4.69, 9.17) is 16.3 Å². The SMILES string of the molecule is COC(=O)c1ccc(CC2CCCCC2)n1Cc1ccc(Cl)cc1. The predicted octanol–water partition coefficient (Wildman–Crippen LogP) is 5.10. The van der Waals surface area contributed by atoms with Crippen molar-refractivity contribution < 1.29 is 9.53 Å². The van der Waals surface area contributed by atoms with E-state index in [9.17, 15) is 4.79 Å². The molecule has 0 amide bonds. The first kappa shape index (κ1) is 17.1. The number of carbonyl (C=O) groups excluding carboxylic acids is 1. The second-order valence-corrected chi connectivity index (χ2v) is 7.06. The molecular weight excluding hydrogens is 322 g/mol. The number of ether oxygens (including phenoxy) is 1. The molecule has 2 aromatic rings. The maximum atomic E-state index is 12.1. The monoisotopic (exact) mass is 345 g/mol. The molecular formula is C20H24ClNO2. The molecule has 24 heavy (non-hydrogen) atoms. The van der Waals surface area contributed by atoms with Crippen LogP contribution in [0.5, 0.6) is 0 Å². The van der Waals surface area contributed by atoms with E-state index in [2.05, 4.69) is 10.6 Å². The van der Waals surface area contributed by atoms with Crippen LogP contribution in [-0.2, 0) is 17.7 Å². The Balaban J connectivity index is 1.86. The lowest BCUT2D eigenvalue weighted by atomic mass is 9.86. The quantitative estimate of drug-likeness (QED) is 0.706.